The summed E-state index contributed by atoms with van der Waals surface area (Å²) in [5.41, 5.74) is 1.52. The number of nitrogen functional groups attached to an aromatic ring is 1. The van der Waals surface area contributed by atoms with Gasteiger partial charge in [-0.25, -0.2) is 10.8 Å². The Morgan fingerprint density at radius 1 is 1.38 bits per heavy atom. The third-order valence-electron chi connectivity index (χ3n) is 1.48. The van der Waals surface area contributed by atoms with Gasteiger partial charge in [0.15, 0.2) is 5.82 Å². The van der Waals surface area contributed by atoms with Crippen LogP contribution in [0.4, 0.5) is 19.0 Å². The Kier molecular flexibility index (Phi) is 2.42. The Hall–Kier alpha value is -1.30. The number of pyridine rings is 1. The van der Waals surface area contributed by atoms with Crippen molar-refractivity contribution in [2.24, 2.45) is 5.84 Å². The lowest BCUT2D eigenvalue weighted by molar-refractivity contribution is -0.137. The predicted octanol–water partition coefficient (Wildman–Crippen LogP) is 1.69. The zero-order valence-corrected chi connectivity index (χ0v) is 6.81. The summed E-state index contributed by atoms with van der Waals surface area (Å²) in [6, 6.07) is 2.22. The second-order valence-corrected chi connectivity index (χ2v) is 2.49. The maximum absolute atomic E-state index is 12.2. The van der Waals surface area contributed by atoms with Crippen molar-refractivity contribution in [3.05, 3.63) is 23.4 Å². The molecule has 1 aromatic heterocycles. The Balaban J connectivity index is 3.22. The van der Waals surface area contributed by atoms with Crippen LogP contribution >= 0.6 is 0 Å². The molecular weight excluding hydrogens is 183 g/mol. The molecule has 0 spiro atoms. The number of aryl methyl sites for hydroxylation is 1. The van der Waals surface area contributed by atoms with Crippen molar-refractivity contribution in [2.75, 3.05) is 5.43 Å². The van der Waals surface area contributed by atoms with Gasteiger partial charge in [-0.15, -0.1) is 0 Å². The van der Waals surface area contributed by atoms with Crippen molar-refractivity contribution < 1.29 is 13.2 Å². The van der Waals surface area contributed by atoms with Crippen molar-refractivity contribution in [2.45, 2.75) is 13.1 Å². The molecule has 1 aromatic rings. The standard InChI is InChI=1S/C7H8F3N3/c1-4-2-3-5(7(8,9)10)6(12-4)13-11/h2-3H,11H2,1H3,(H,12,13). The average molecular weight is 191 g/mol. The fourth-order valence-electron chi connectivity index (χ4n) is 0.895. The molecule has 0 saturated heterocycles. The van der Waals surface area contributed by atoms with Gasteiger partial charge in [0.2, 0.25) is 0 Å². The highest BCUT2D eigenvalue weighted by atomic mass is 19.4. The predicted molar refractivity (Wildman–Crippen MR) is 41.8 cm³/mol. The number of nitrogens with one attached hydrogen (secondary N) is 1. The summed E-state index contributed by atoms with van der Waals surface area (Å²) in [6.07, 6.45) is -4.43. The van der Waals surface area contributed by atoms with E-state index in [4.69, 9.17) is 5.84 Å². The minimum absolute atomic E-state index is 0.354. The Morgan fingerprint density at radius 2 is 2.00 bits per heavy atom. The second kappa shape index (κ2) is 3.21. The van der Waals surface area contributed by atoms with Crippen LogP contribution < -0.4 is 11.3 Å². The molecule has 1 rings (SSSR count). The first-order valence-corrected chi connectivity index (χ1v) is 3.46. The Labute approximate surface area is 72.7 Å². The zero-order valence-electron chi connectivity index (χ0n) is 6.81. The largest absolute Gasteiger partial charge is 0.419 e. The van der Waals surface area contributed by atoms with Crippen LogP contribution in [0.1, 0.15) is 11.3 Å². The van der Waals surface area contributed by atoms with E-state index in [9.17, 15) is 13.2 Å². The fraction of sp³-hybridized carbons (Fsp3) is 0.286. The SMILES string of the molecule is Cc1ccc(C(F)(F)F)c(NN)n1. The fourth-order valence-corrected chi connectivity index (χ4v) is 0.895. The number of alkyl halides is 3. The number of hydrazine groups is 1. The van der Waals surface area contributed by atoms with Gasteiger partial charge in [-0.1, -0.05) is 0 Å². The van der Waals surface area contributed by atoms with E-state index in [0.717, 1.165) is 6.07 Å². The smallest absolute Gasteiger partial charge is 0.308 e. The van der Waals surface area contributed by atoms with Crippen LogP contribution in [0.15, 0.2) is 12.1 Å². The normalized spacial score (nSPS) is 11.5. The number of halogens is 3. The van der Waals surface area contributed by atoms with Crippen molar-refractivity contribution in [3.63, 3.8) is 0 Å². The molecule has 1 heterocycles. The van der Waals surface area contributed by atoms with Crippen LogP contribution in [0.5, 0.6) is 0 Å². The van der Waals surface area contributed by atoms with Gasteiger partial charge in [0.1, 0.15) is 0 Å². The van der Waals surface area contributed by atoms with E-state index in [1.807, 2.05) is 5.43 Å². The van der Waals surface area contributed by atoms with Crippen molar-refractivity contribution in [3.8, 4) is 0 Å². The summed E-state index contributed by atoms with van der Waals surface area (Å²) < 4.78 is 36.7. The molecule has 0 unspecified atom stereocenters. The second-order valence-electron chi connectivity index (χ2n) is 2.49. The van der Waals surface area contributed by atoms with Gasteiger partial charge in [-0.3, -0.25) is 0 Å². The molecule has 0 aliphatic carbocycles. The summed E-state index contributed by atoms with van der Waals surface area (Å²) >= 11 is 0. The molecule has 0 amide bonds. The first-order chi connectivity index (χ1) is 5.95. The summed E-state index contributed by atoms with van der Waals surface area (Å²) in [5.74, 6) is 4.55. The molecule has 0 atom stereocenters. The van der Waals surface area contributed by atoms with Gasteiger partial charge in [-0.05, 0) is 19.1 Å². The van der Waals surface area contributed by atoms with Crippen LogP contribution in [-0.2, 0) is 6.18 Å². The zero-order chi connectivity index (χ0) is 10.1. The molecular formula is C7H8F3N3. The van der Waals surface area contributed by atoms with Crippen LogP contribution in [0.2, 0.25) is 0 Å². The summed E-state index contributed by atoms with van der Waals surface area (Å²) in [5, 5.41) is 0. The molecule has 0 bridgehead atoms. The van der Waals surface area contributed by atoms with Crippen LogP contribution in [-0.4, -0.2) is 4.98 Å². The molecule has 0 radical (unpaired) electrons. The number of rotatable bonds is 1. The molecule has 0 saturated carbocycles. The molecule has 3 N–H and O–H groups in total. The summed E-state index contributed by atoms with van der Waals surface area (Å²) in [4.78, 5) is 3.60. The molecule has 0 aromatic carbocycles. The number of nitrogens with zero attached hydrogens (tertiary/aromatic N) is 1. The molecule has 13 heavy (non-hydrogen) atoms. The van der Waals surface area contributed by atoms with E-state index in [0.29, 0.717) is 5.69 Å². The topological polar surface area (TPSA) is 50.9 Å². The molecule has 0 aliphatic heterocycles. The summed E-state index contributed by atoms with van der Waals surface area (Å²) in [6.45, 7) is 1.58. The van der Waals surface area contributed by atoms with E-state index < -0.39 is 11.7 Å². The van der Waals surface area contributed by atoms with Crippen molar-refractivity contribution >= 4 is 5.82 Å². The maximum Gasteiger partial charge on any atom is 0.419 e. The van der Waals surface area contributed by atoms with Crippen molar-refractivity contribution in [1.82, 2.24) is 4.98 Å². The van der Waals surface area contributed by atoms with Crippen LogP contribution in [0.3, 0.4) is 0 Å². The van der Waals surface area contributed by atoms with E-state index >= 15 is 0 Å². The van der Waals surface area contributed by atoms with Gasteiger partial charge in [0, 0.05) is 5.69 Å². The lowest BCUT2D eigenvalue weighted by Crippen LogP contribution is -2.16. The maximum atomic E-state index is 12.2. The molecule has 0 fully saturated rings. The third-order valence-corrected chi connectivity index (χ3v) is 1.48. The van der Waals surface area contributed by atoms with Gasteiger partial charge in [-0.2, -0.15) is 13.2 Å². The van der Waals surface area contributed by atoms with E-state index in [2.05, 4.69) is 4.98 Å². The number of hydrogen-bond donors (Lipinski definition) is 2. The van der Waals surface area contributed by atoms with Gasteiger partial charge < -0.3 is 5.43 Å². The van der Waals surface area contributed by atoms with Gasteiger partial charge in [0.05, 0.1) is 5.56 Å². The summed E-state index contributed by atoms with van der Waals surface area (Å²) in [7, 11) is 0. The first-order valence-electron chi connectivity index (χ1n) is 3.46. The molecule has 72 valence electrons. The number of hydrogen-bond acceptors (Lipinski definition) is 3. The highest BCUT2D eigenvalue weighted by Gasteiger charge is 2.34. The number of nitrogens with two attached hydrogens (primary N) is 1. The first kappa shape index (κ1) is 9.79. The molecule has 0 aliphatic rings. The van der Waals surface area contributed by atoms with Crippen molar-refractivity contribution in [1.29, 1.82) is 0 Å². The van der Waals surface area contributed by atoms with E-state index in [1.165, 1.54) is 6.07 Å². The Bertz CT molecular complexity index is 308. The van der Waals surface area contributed by atoms with E-state index in [-0.39, 0.29) is 5.82 Å². The van der Waals surface area contributed by atoms with Gasteiger partial charge in [0.25, 0.3) is 0 Å². The monoisotopic (exact) mass is 191 g/mol. The minimum Gasteiger partial charge on any atom is -0.308 e. The average Bonchev–Trinajstić information content (AvgIpc) is 2.01. The quantitative estimate of drug-likeness (QED) is 0.524. The number of aromatic nitrogens is 1. The minimum atomic E-state index is -4.43. The highest BCUT2D eigenvalue weighted by molar-refractivity contribution is 5.45. The van der Waals surface area contributed by atoms with Gasteiger partial charge >= 0.3 is 6.18 Å². The molecule has 6 heteroatoms. The third kappa shape index (κ3) is 2.09. The highest BCUT2D eigenvalue weighted by Crippen LogP contribution is 2.33. The van der Waals surface area contributed by atoms with Crippen LogP contribution in [0, 0.1) is 6.92 Å². The van der Waals surface area contributed by atoms with E-state index in [1.54, 1.807) is 6.92 Å². The molecule has 3 nitrogen and oxygen atoms in total. The number of anilines is 1. The Morgan fingerprint density at radius 3 is 2.46 bits per heavy atom. The lowest BCUT2D eigenvalue weighted by Gasteiger charge is -2.11. The van der Waals surface area contributed by atoms with Crippen LogP contribution in [0.25, 0.3) is 0 Å². The lowest BCUT2D eigenvalue weighted by atomic mass is 10.2.